The summed E-state index contributed by atoms with van der Waals surface area (Å²) in [5.41, 5.74) is 1.45. The number of nitrogens with one attached hydrogen (secondary N) is 1. The van der Waals surface area contributed by atoms with Gasteiger partial charge >= 0.3 is 6.03 Å². The van der Waals surface area contributed by atoms with E-state index in [1.165, 1.54) is 24.3 Å². The van der Waals surface area contributed by atoms with Gasteiger partial charge in [-0.1, -0.05) is 23.2 Å². The van der Waals surface area contributed by atoms with Gasteiger partial charge in [0, 0.05) is 36.9 Å². The first kappa shape index (κ1) is 16.9. The van der Waals surface area contributed by atoms with Gasteiger partial charge in [0.25, 0.3) is 0 Å². The zero-order valence-electron chi connectivity index (χ0n) is 12.8. The Kier molecular flexibility index (Phi) is 5.11. The molecule has 3 rings (SSSR count). The van der Waals surface area contributed by atoms with Crippen molar-refractivity contribution >= 4 is 40.6 Å². The molecule has 1 aliphatic heterocycles. The van der Waals surface area contributed by atoms with Crippen LogP contribution in [0.2, 0.25) is 10.0 Å². The Morgan fingerprint density at radius 3 is 2.33 bits per heavy atom. The molecule has 2 aromatic carbocycles. The van der Waals surface area contributed by atoms with Gasteiger partial charge in [-0.15, -0.1) is 0 Å². The molecular formula is C17H16Cl2FN3O. The lowest BCUT2D eigenvalue weighted by Gasteiger charge is -2.36. The largest absolute Gasteiger partial charge is 0.367 e. The van der Waals surface area contributed by atoms with Gasteiger partial charge in [-0.3, -0.25) is 0 Å². The van der Waals surface area contributed by atoms with Gasteiger partial charge in [0.2, 0.25) is 0 Å². The van der Waals surface area contributed by atoms with E-state index in [2.05, 4.69) is 10.2 Å². The third-order valence-corrected chi connectivity index (χ3v) is 4.47. The zero-order chi connectivity index (χ0) is 17.1. The Balaban J connectivity index is 1.59. The Morgan fingerprint density at radius 2 is 1.67 bits per heavy atom. The molecule has 0 saturated carbocycles. The molecule has 24 heavy (non-hydrogen) atoms. The fraction of sp³-hybridized carbons (Fsp3) is 0.235. The molecule has 126 valence electrons. The van der Waals surface area contributed by atoms with Crippen molar-refractivity contribution in [3.8, 4) is 0 Å². The average molecular weight is 368 g/mol. The van der Waals surface area contributed by atoms with Crippen LogP contribution >= 0.6 is 23.2 Å². The van der Waals surface area contributed by atoms with Crippen LogP contribution in [0.5, 0.6) is 0 Å². The molecule has 0 bridgehead atoms. The van der Waals surface area contributed by atoms with Crippen LogP contribution in [0.4, 0.5) is 20.6 Å². The number of hydrogen-bond acceptors (Lipinski definition) is 2. The van der Waals surface area contributed by atoms with E-state index >= 15 is 0 Å². The predicted molar refractivity (Wildman–Crippen MR) is 95.7 cm³/mol. The van der Waals surface area contributed by atoms with Crippen molar-refractivity contribution < 1.29 is 9.18 Å². The number of carbonyl (C=O) groups excluding carboxylic acids is 1. The number of urea groups is 1. The van der Waals surface area contributed by atoms with E-state index in [4.69, 9.17) is 23.2 Å². The first-order valence-electron chi connectivity index (χ1n) is 7.54. The minimum Gasteiger partial charge on any atom is -0.367 e. The average Bonchev–Trinajstić information content (AvgIpc) is 2.59. The van der Waals surface area contributed by atoms with Gasteiger partial charge in [0.1, 0.15) is 5.82 Å². The highest BCUT2D eigenvalue weighted by Gasteiger charge is 2.22. The second kappa shape index (κ2) is 7.28. The molecule has 1 heterocycles. The van der Waals surface area contributed by atoms with Crippen LogP contribution in [-0.2, 0) is 0 Å². The summed E-state index contributed by atoms with van der Waals surface area (Å²) in [6.45, 7) is 2.46. The van der Waals surface area contributed by atoms with Crippen LogP contribution in [0, 0.1) is 5.82 Å². The Morgan fingerprint density at radius 1 is 1.00 bits per heavy atom. The van der Waals surface area contributed by atoms with Crippen molar-refractivity contribution in [3.63, 3.8) is 0 Å². The lowest BCUT2D eigenvalue weighted by Crippen LogP contribution is -2.50. The van der Waals surface area contributed by atoms with Crippen LogP contribution in [0.15, 0.2) is 42.5 Å². The summed E-state index contributed by atoms with van der Waals surface area (Å²) in [7, 11) is 0. The molecule has 0 aromatic heterocycles. The lowest BCUT2D eigenvalue weighted by atomic mass is 10.2. The van der Waals surface area contributed by atoms with E-state index in [9.17, 15) is 9.18 Å². The van der Waals surface area contributed by atoms with Gasteiger partial charge in [0.15, 0.2) is 0 Å². The van der Waals surface area contributed by atoms with Crippen LogP contribution in [-0.4, -0.2) is 37.1 Å². The van der Waals surface area contributed by atoms with Crippen LogP contribution in [0.25, 0.3) is 0 Å². The number of amides is 2. The summed E-state index contributed by atoms with van der Waals surface area (Å²) >= 11 is 12.3. The van der Waals surface area contributed by atoms with E-state index in [0.717, 1.165) is 5.69 Å². The third kappa shape index (κ3) is 3.91. The van der Waals surface area contributed by atoms with E-state index < -0.39 is 0 Å². The Hall–Kier alpha value is -1.98. The molecule has 7 heteroatoms. The number of halogens is 3. The summed E-state index contributed by atoms with van der Waals surface area (Å²) in [5.74, 6) is -0.333. The number of hydrogen-bond donors (Lipinski definition) is 1. The molecule has 2 amide bonds. The summed E-state index contributed by atoms with van der Waals surface area (Å²) in [6.07, 6.45) is 0. The Bertz CT molecular complexity index is 731. The van der Waals surface area contributed by atoms with Crippen LogP contribution in [0.1, 0.15) is 0 Å². The molecule has 0 spiro atoms. The standard InChI is InChI=1S/C17H16Cl2FN3O/c18-12-1-6-15(19)16(11-12)22-7-9-23(10-8-22)17(24)21-14-4-2-13(20)3-5-14/h1-6,11H,7-10H2,(H,21,24). The number of carbonyl (C=O) groups is 1. The van der Waals surface area contributed by atoms with Gasteiger partial charge in [0.05, 0.1) is 10.7 Å². The molecular weight excluding hydrogens is 352 g/mol. The molecule has 1 saturated heterocycles. The first-order chi connectivity index (χ1) is 11.5. The topological polar surface area (TPSA) is 35.6 Å². The van der Waals surface area contributed by atoms with E-state index in [0.29, 0.717) is 41.9 Å². The summed E-state index contributed by atoms with van der Waals surface area (Å²) in [4.78, 5) is 16.1. The van der Waals surface area contributed by atoms with Crippen molar-refractivity contribution in [3.05, 3.63) is 58.3 Å². The van der Waals surface area contributed by atoms with Gasteiger partial charge in [-0.2, -0.15) is 0 Å². The van der Waals surface area contributed by atoms with Gasteiger partial charge < -0.3 is 15.1 Å². The minimum atomic E-state index is -0.333. The van der Waals surface area contributed by atoms with E-state index in [-0.39, 0.29) is 11.8 Å². The summed E-state index contributed by atoms with van der Waals surface area (Å²) in [6, 6.07) is 10.9. The van der Waals surface area contributed by atoms with Crippen LogP contribution < -0.4 is 10.2 Å². The number of anilines is 2. The molecule has 4 nitrogen and oxygen atoms in total. The van der Waals surface area contributed by atoms with E-state index in [1.54, 1.807) is 17.0 Å². The number of piperazine rings is 1. The molecule has 0 unspecified atom stereocenters. The normalized spacial score (nSPS) is 14.6. The summed E-state index contributed by atoms with van der Waals surface area (Å²) < 4.78 is 12.9. The van der Waals surface area contributed by atoms with Crippen molar-refractivity contribution in [1.82, 2.24) is 4.90 Å². The van der Waals surface area contributed by atoms with Crippen molar-refractivity contribution in [1.29, 1.82) is 0 Å². The fourth-order valence-electron chi connectivity index (χ4n) is 2.61. The number of rotatable bonds is 2. The highest BCUT2D eigenvalue weighted by molar-refractivity contribution is 6.35. The quantitative estimate of drug-likeness (QED) is 0.848. The SMILES string of the molecule is O=C(Nc1ccc(F)cc1)N1CCN(c2cc(Cl)ccc2Cl)CC1. The molecule has 0 atom stereocenters. The van der Waals surface area contributed by atoms with Crippen molar-refractivity contribution in [2.75, 3.05) is 36.4 Å². The predicted octanol–water partition coefficient (Wildman–Crippen LogP) is 4.49. The number of nitrogens with zero attached hydrogens (tertiary/aromatic N) is 2. The van der Waals surface area contributed by atoms with E-state index in [1.807, 2.05) is 6.07 Å². The lowest BCUT2D eigenvalue weighted by molar-refractivity contribution is 0.208. The first-order valence-corrected chi connectivity index (χ1v) is 8.30. The van der Waals surface area contributed by atoms with Gasteiger partial charge in [-0.25, -0.2) is 9.18 Å². The van der Waals surface area contributed by atoms with Crippen molar-refractivity contribution in [2.45, 2.75) is 0 Å². The third-order valence-electron chi connectivity index (χ3n) is 3.91. The van der Waals surface area contributed by atoms with Crippen LogP contribution in [0.3, 0.4) is 0 Å². The maximum Gasteiger partial charge on any atom is 0.321 e. The maximum atomic E-state index is 12.9. The van der Waals surface area contributed by atoms with Crippen molar-refractivity contribution in [2.24, 2.45) is 0 Å². The molecule has 1 N–H and O–H groups in total. The molecule has 0 radical (unpaired) electrons. The molecule has 2 aromatic rings. The minimum absolute atomic E-state index is 0.196. The number of benzene rings is 2. The molecule has 1 aliphatic rings. The van der Waals surface area contributed by atoms with Gasteiger partial charge in [-0.05, 0) is 42.5 Å². The highest BCUT2D eigenvalue weighted by Crippen LogP contribution is 2.29. The summed E-state index contributed by atoms with van der Waals surface area (Å²) in [5, 5.41) is 4.04. The second-order valence-electron chi connectivity index (χ2n) is 5.51. The highest BCUT2D eigenvalue weighted by atomic mass is 35.5. The molecule has 0 aliphatic carbocycles. The maximum absolute atomic E-state index is 12.9. The smallest absolute Gasteiger partial charge is 0.321 e. The zero-order valence-corrected chi connectivity index (χ0v) is 14.3. The fourth-order valence-corrected chi connectivity index (χ4v) is 3.02. The molecule has 1 fully saturated rings. The monoisotopic (exact) mass is 367 g/mol. The Labute approximate surface area is 149 Å². The second-order valence-corrected chi connectivity index (χ2v) is 6.35.